The number of esters is 1. The molecule has 1 saturated heterocycles. The van der Waals surface area contributed by atoms with E-state index in [4.69, 9.17) is 4.74 Å². The molecule has 0 saturated carbocycles. The van der Waals surface area contributed by atoms with Crippen molar-refractivity contribution in [1.29, 1.82) is 0 Å². The highest BCUT2D eigenvalue weighted by atomic mass is 32.1. The monoisotopic (exact) mass is 322 g/mol. The van der Waals surface area contributed by atoms with Gasteiger partial charge in [-0.25, -0.2) is 9.78 Å². The number of hydrogen-bond donors (Lipinski definition) is 0. The smallest absolute Gasteiger partial charge is 0.328 e. The number of amides is 1. The topological polar surface area (TPSA) is 59.5 Å². The van der Waals surface area contributed by atoms with Crippen LogP contribution in [0.2, 0.25) is 0 Å². The third-order valence-electron chi connectivity index (χ3n) is 3.44. The van der Waals surface area contributed by atoms with Gasteiger partial charge in [-0.3, -0.25) is 4.79 Å². The van der Waals surface area contributed by atoms with Crippen LogP contribution in [-0.2, 0) is 9.53 Å². The molecule has 1 atom stereocenters. The standard InChI is InChI=1S/C14H14N2O3S2/c1-19-14(18)10-4-2-6-16(10)13(17)9-8-21-12(15-9)11-5-3-7-20-11/h3,5,7-8,10H,2,4,6H2,1H3. The molecule has 0 N–H and O–H groups in total. The Balaban J connectivity index is 1.80. The molecule has 0 aromatic carbocycles. The van der Waals surface area contributed by atoms with E-state index in [-0.39, 0.29) is 11.9 Å². The highest BCUT2D eigenvalue weighted by molar-refractivity contribution is 7.20. The molecule has 3 heterocycles. The van der Waals surface area contributed by atoms with Crippen LogP contribution in [0.1, 0.15) is 23.3 Å². The van der Waals surface area contributed by atoms with Gasteiger partial charge in [0.25, 0.3) is 5.91 Å². The number of thiazole rings is 1. The Morgan fingerprint density at radius 3 is 3.00 bits per heavy atom. The molecule has 5 nitrogen and oxygen atoms in total. The van der Waals surface area contributed by atoms with Crippen LogP contribution in [0.3, 0.4) is 0 Å². The Morgan fingerprint density at radius 1 is 1.43 bits per heavy atom. The average molecular weight is 322 g/mol. The summed E-state index contributed by atoms with van der Waals surface area (Å²) in [5.74, 6) is -0.545. The molecule has 0 spiro atoms. The first-order valence-electron chi connectivity index (χ1n) is 6.59. The quantitative estimate of drug-likeness (QED) is 0.815. The molecule has 1 unspecified atom stereocenters. The van der Waals surface area contributed by atoms with E-state index in [1.165, 1.54) is 18.4 Å². The van der Waals surface area contributed by atoms with Crippen molar-refractivity contribution in [3.63, 3.8) is 0 Å². The summed E-state index contributed by atoms with van der Waals surface area (Å²) < 4.78 is 4.77. The molecular weight excluding hydrogens is 308 g/mol. The Hall–Kier alpha value is -1.73. The Morgan fingerprint density at radius 2 is 2.29 bits per heavy atom. The summed E-state index contributed by atoms with van der Waals surface area (Å²) >= 11 is 3.04. The first-order valence-corrected chi connectivity index (χ1v) is 8.35. The summed E-state index contributed by atoms with van der Waals surface area (Å²) in [6.45, 7) is 0.574. The summed E-state index contributed by atoms with van der Waals surface area (Å²) in [4.78, 5) is 31.3. The average Bonchev–Trinajstić information content (AvgIpc) is 3.25. The number of rotatable bonds is 3. The van der Waals surface area contributed by atoms with Crippen LogP contribution in [0, 0.1) is 0 Å². The summed E-state index contributed by atoms with van der Waals surface area (Å²) in [5, 5.41) is 4.57. The van der Waals surface area contributed by atoms with Crippen molar-refractivity contribution in [3.8, 4) is 9.88 Å². The second kappa shape index (κ2) is 5.95. The van der Waals surface area contributed by atoms with Crippen molar-refractivity contribution in [2.45, 2.75) is 18.9 Å². The third kappa shape index (κ3) is 2.71. The minimum absolute atomic E-state index is 0.193. The first kappa shape index (κ1) is 14.2. The Labute approximate surface area is 130 Å². The molecule has 2 aromatic heterocycles. The van der Waals surface area contributed by atoms with Crippen molar-refractivity contribution in [3.05, 3.63) is 28.6 Å². The van der Waals surface area contributed by atoms with Gasteiger partial charge in [0.1, 0.15) is 16.7 Å². The lowest BCUT2D eigenvalue weighted by molar-refractivity contribution is -0.145. The number of thiophene rings is 1. The number of nitrogens with zero attached hydrogens (tertiary/aromatic N) is 2. The number of methoxy groups -OCH3 is 1. The van der Waals surface area contributed by atoms with E-state index in [9.17, 15) is 9.59 Å². The summed E-state index contributed by atoms with van der Waals surface area (Å²) in [6.07, 6.45) is 1.47. The lowest BCUT2D eigenvalue weighted by atomic mass is 10.2. The highest BCUT2D eigenvalue weighted by Crippen LogP contribution is 2.29. The molecule has 0 bridgehead atoms. The van der Waals surface area contributed by atoms with E-state index in [1.807, 2.05) is 17.5 Å². The van der Waals surface area contributed by atoms with Crippen molar-refractivity contribution < 1.29 is 14.3 Å². The lowest BCUT2D eigenvalue weighted by Gasteiger charge is -2.21. The van der Waals surface area contributed by atoms with E-state index in [1.54, 1.807) is 21.6 Å². The Kier molecular flexibility index (Phi) is 4.03. The van der Waals surface area contributed by atoms with Crippen LogP contribution in [0.4, 0.5) is 0 Å². The van der Waals surface area contributed by atoms with Crippen LogP contribution < -0.4 is 0 Å². The van der Waals surface area contributed by atoms with Gasteiger partial charge in [-0.05, 0) is 24.3 Å². The molecular formula is C14H14N2O3S2. The third-order valence-corrected chi connectivity index (χ3v) is 5.32. The van der Waals surface area contributed by atoms with Crippen molar-refractivity contribution >= 4 is 34.6 Å². The van der Waals surface area contributed by atoms with Gasteiger partial charge in [-0.2, -0.15) is 0 Å². The zero-order chi connectivity index (χ0) is 14.8. The van der Waals surface area contributed by atoms with Gasteiger partial charge in [-0.1, -0.05) is 6.07 Å². The fraction of sp³-hybridized carbons (Fsp3) is 0.357. The van der Waals surface area contributed by atoms with Gasteiger partial charge >= 0.3 is 5.97 Å². The van der Waals surface area contributed by atoms with E-state index >= 15 is 0 Å². The van der Waals surface area contributed by atoms with Gasteiger partial charge in [0.05, 0.1) is 12.0 Å². The fourth-order valence-corrected chi connectivity index (χ4v) is 4.03. The van der Waals surface area contributed by atoms with Crippen LogP contribution in [0.25, 0.3) is 9.88 Å². The molecule has 110 valence electrons. The maximum atomic E-state index is 12.5. The van der Waals surface area contributed by atoms with Gasteiger partial charge in [0, 0.05) is 11.9 Å². The van der Waals surface area contributed by atoms with Crippen LogP contribution in [0.5, 0.6) is 0 Å². The molecule has 21 heavy (non-hydrogen) atoms. The van der Waals surface area contributed by atoms with E-state index in [0.717, 1.165) is 16.3 Å². The van der Waals surface area contributed by atoms with E-state index in [0.29, 0.717) is 18.7 Å². The maximum Gasteiger partial charge on any atom is 0.328 e. The van der Waals surface area contributed by atoms with Gasteiger partial charge in [0.15, 0.2) is 0 Å². The Bertz CT molecular complexity index is 651. The number of carbonyl (C=O) groups is 2. The molecule has 3 rings (SSSR count). The predicted octanol–water partition coefficient (Wildman–Crippen LogP) is 2.65. The second-order valence-electron chi connectivity index (χ2n) is 4.69. The van der Waals surface area contributed by atoms with Crippen molar-refractivity contribution in [2.24, 2.45) is 0 Å². The number of carbonyl (C=O) groups excluding carboxylic acids is 2. The molecule has 1 amide bonds. The second-order valence-corrected chi connectivity index (χ2v) is 6.50. The summed E-state index contributed by atoms with van der Waals surface area (Å²) in [7, 11) is 1.35. The van der Waals surface area contributed by atoms with Crippen LogP contribution in [-0.4, -0.2) is 41.5 Å². The summed E-state index contributed by atoms with van der Waals surface area (Å²) in [6, 6.07) is 3.45. The minimum atomic E-state index is -0.477. The molecule has 2 aromatic rings. The molecule has 0 radical (unpaired) electrons. The van der Waals surface area contributed by atoms with E-state index in [2.05, 4.69) is 4.98 Å². The number of aromatic nitrogens is 1. The lowest BCUT2D eigenvalue weighted by Crippen LogP contribution is -2.41. The SMILES string of the molecule is COC(=O)C1CCCN1C(=O)c1csc(-c2cccs2)n1. The maximum absolute atomic E-state index is 12.5. The molecule has 1 aliphatic rings. The number of ether oxygens (including phenoxy) is 1. The van der Waals surface area contributed by atoms with Crippen molar-refractivity contribution in [2.75, 3.05) is 13.7 Å². The normalized spacial score (nSPS) is 18.0. The molecule has 7 heteroatoms. The molecule has 0 aliphatic carbocycles. The van der Waals surface area contributed by atoms with Crippen molar-refractivity contribution in [1.82, 2.24) is 9.88 Å². The van der Waals surface area contributed by atoms with Gasteiger partial charge in [0.2, 0.25) is 0 Å². The summed E-state index contributed by atoms with van der Waals surface area (Å²) in [5.41, 5.74) is 0.402. The van der Waals surface area contributed by atoms with Gasteiger partial charge in [-0.15, -0.1) is 22.7 Å². The van der Waals surface area contributed by atoms with Gasteiger partial charge < -0.3 is 9.64 Å². The molecule has 1 fully saturated rings. The number of hydrogen-bond acceptors (Lipinski definition) is 6. The predicted molar refractivity (Wildman–Crippen MR) is 81.5 cm³/mol. The fourth-order valence-electron chi connectivity index (χ4n) is 2.42. The minimum Gasteiger partial charge on any atom is -0.467 e. The zero-order valence-electron chi connectivity index (χ0n) is 11.4. The molecule has 1 aliphatic heterocycles. The zero-order valence-corrected chi connectivity index (χ0v) is 13.1. The highest BCUT2D eigenvalue weighted by Gasteiger charge is 2.36. The van der Waals surface area contributed by atoms with E-state index < -0.39 is 6.04 Å². The van der Waals surface area contributed by atoms with Crippen LogP contribution in [0.15, 0.2) is 22.9 Å². The van der Waals surface area contributed by atoms with Crippen LogP contribution >= 0.6 is 22.7 Å². The first-order chi connectivity index (χ1) is 10.2. The largest absolute Gasteiger partial charge is 0.467 e. The number of likely N-dealkylation sites (tertiary alicyclic amines) is 1.